The fourth-order valence-electron chi connectivity index (χ4n) is 2.17. The largest absolute Gasteiger partial charge is 0.338 e. The minimum atomic E-state index is -1.59. The van der Waals surface area contributed by atoms with E-state index in [1.807, 2.05) is 0 Å². The summed E-state index contributed by atoms with van der Waals surface area (Å²) in [6.07, 6.45) is 1.33. The third kappa shape index (κ3) is 3.94. The number of benzene rings is 2. The highest BCUT2D eigenvalue weighted by Crippen LogP contribution is 2.23. The fourth-order valence-corrected chi connectivity index (χ4v) is 2.36. The van der Waals surface area contributed by atoms with Crippen molar-refractivity contribution < 1.29 is 18.0 Å². The summed E-state index contributed by atoms with van der Waals surface area (Å²) in [7, 11) is 0. The quantitative estimate of drug-likeness (QED) is 0.618. The molecule has 8 heteroatoms. The van der Waals surface area contributed by atoms with Gasteiger partial charge in [-0.3, -0.25) is 4.79 Å². The molecule has 0 fully saturated rings. The summed E-state index contributed by atoms with van der Waals surface area (Å²) in [4.78, 5) is 16.2. The molecule has 0 bridgehead atoms. The lowest BCUT2D eigenvalue weighted by atomic mass is 10.2. The zero-order valence-electron chi connectivity index (χ0n) is 13.1. The van der Waals surface area contributed by atoms with E-state index in [-0.39, 0.29) is 17.1 Å². The Morgan fingerprint density at radius 2 is 1.81 bits per heavy atom. The van der Waals surface area contributed by atoms with Crippen LogP contribution in [0, 0.1) is 17.5 Å². The van der Waals surface area contributed by atoms with Crippen molar-refractivity contribution in [3.8, 4) is 0 Å². The second-order valence-electron chi connectivity index (χ2n) is 5.24. The predicted molar refractivity (Wildman–Crippen MR) is 93.2 cm³/mol. The third-order valence-electron chi connectivity index (χ3n) is 3.40. The van der Waals surface area contributed by atoms with Crippen LogP contribution in [-0.2, 0) is 0 Å². The summed E-state index contributed by atoms with van der Waals surface area (Å²) >= 11 is 5.86. The van der Waals surface area contributed by atoms with Gasteiger partial charge in [-0.2, -0.15) is 0 Å². The maximum atomic E-state index is 13.7. The molecular formula is C18H11ClF3N3O. The first-order valence-corrected chi connectivity index (χ1v) is 7.75. The van der Waals surface area contributed by atoms with Crippen molar-refractivity contribution in [1.29, 1.82) is 0 Å². The number of amides is 1. The number of nitrogens with one attached hydrogen (secondary N) is 2. The summed E-state index contributed by atoms with van der Waals surface area (Å²) in [5.74, 6) is -4.61. The van der Waals surface area contributed by atoms with Crippen LogP contribution >= 0.6 is 11.6 Å². The van der Waals surface area contributed by atoms with Crippen molar-refractivity contribution >= 4 is 34.7 Å². The Morgan fingerprint density at radius 3 is 2.58 bits per heavy atom. The Balaban J connectivity index is 1.80. The van der Waals surface area contributed by atoms with Crippen LogP contribution in [-0.4, -0.2) is 10.9 Å². The van der Waals surface area contributed by atoms with Gasteiger partial charge in [-0.25, -0.2) is 18.2 Å². The highest BCUT2D eigenvalue weighted by atomic mass is 35.5. The van der Waals surface area contributed by atoms with Crippen LogP contribution in [0.5, 0.6) is 0 Å². The van der Waals surface area contributed by atoms with Gasteiger partial charge in [0.25, 0.3) is 5.91 Å². The molecule has 0 atom stereocenters. The van der Waals surface area contributed by atoms with Gasteiger partial charge in [0.1, 0.15) is 5.82 Å². The van der Waals surface area contributed by atoms with Crippen molar-refractivity contribution in [2.75, 3.05) is 10.6 Å². The molecule has 0 saturated heterocycles. The molecule has 26 heavy (non-hydrogen) atoms. The number of hydrogen-bond acceptors (Lipinski definition) is 3. The van der Waals surface area contributed by atoms with Crippen molar-refractivity contribution in [1.82, 2.24) is 4.98 Å². The van der Waals surface area contributed by atoms with Gasteiger partial charge in [-0.1, -0.05) is 17.7 Å². The molecule has 0 spiro atoms. The molecule has 3 aromatic rings. The number of aromatic nitrogens is 1. The highest BCUT2D eigenvalue weighted by molar-refractivity contribution is 6.31. The summed E-state index contributed by atoms with van der Waals surface area (Å²) in [5.41, 5.74) is 0.426. The predicted octanol–water partition coefficient (Wildman–Crippen LogP) is 5.15. The Morgan fingerprint density at radius 1 is 1.00 bits per heavy atom. The number of carbonyl (C=O) groups is 1. The first-order valence-electron chi connectivity index (χ1n) is 7.37. The van der Waals surface area contributed by atoms with Gasteiger partial charge >= 0.3 is 0 Å². The fraction of sp³-hybridized carbons (Fsp3) is 0. The Labute approximate surface area is 151 Å². The average Bonchev–Trinajstić information content (AvgIpc) is 2.62. The topological polar surface area (TPSA) is 54.0 Å². The van der Waals surface area contributed by atoms with Crippen molar-refractivity contribution in [2.24, 2.45) is 0 Å². The van der Waals surface area contributed by atoms with Crippen LogP contribution in [0.25, 0.3) is 0 Å². The normalized spacial score (nSPS) is 10.5. The minimum absolute atomic E-state index is 0.0913. The van der Waals surface area contributed by atoms with E-state index in [1.165, 1.54) is 18.3 Å². The SMILES string of the molecule is O=C(Nc1cccc(Cl)c1)c1ccnc(Nc2ccc(F)c(F)c2F)c1. The van der Waals surface area contributed by atoms with Crippen molar-refractivity contribution in [3.05, 3.63) is 82.8 Å². The van der Waals surface area contributed by atoms with Crippen molar-refractivity contribution in [3.63, 3.8) is 0 Å². The van der Waals surface area contributed by atoms with E-state index in [1.54, 1.807) is 24.3 Å². The molecule has 3 rings (SSSR count). The zero-order chi connectivity index (χ0) is 18.7. The van der Waals surface area contributed by atoms with Crippen LogP contribution < -0.4 is 10.6 Å². The number of anilines is 3. The summed E-state index contributed by atoms with van der Waals surface area (Å²) in [6, 6.07) is 11.2. The maximum absolute atomic E-state index is 13.7. The Bertz CT molecular complexity index is 982. The molecule has 132 valence electrons. The number of halogens is 4. The van der Waals surface area contributed by atoms with Crippen LogP contribution in [0.4, 0.5) is 30.4 Å². The molecular weight excluding hydrogens is 367 g/mol. The standard InChI is InChI=1S/C18H11ClF3N3O/c19-11-2-1-3-12(9-11)24-18(26)10-6-7-23-15(8-10)25-14-5-4-13(20)16(21)17(14)22/h1-9H,(H,23,25)(H,24,26). The number of pyridine rings is 1. The van der Waals surface area contributed by atoms with E-state index in [0.29, 0.717) is 10.7 Å². The smallest absolute Gasteiger partial charge is 0.255 e. The molecule has 1 aromatic heterocycles. The van der Waals surface area contributed by atoms with E-state index < -0.39 is 23.4 Å². The third-order valence-corrected chi connectivity index (χ3v) is 3.64. The first kappa shape index (κ1) is 17.8. The second-order valence-corrected chi connectivity index (χ2v) is 5.68. The Hall–Kier alpha value is -3.06. The minimum Gasteiger partial charge on any atom is -0.338 e. The summed E-state index contributed by atoms with van der Waals surface area (Å²) in [6.45, 7) is 0. The van der Waals surface area contributed by atoms with Crippen LogP contribution in [0.2, 0.25) is 5.02 Å². The van der Waals surface area contributed by atoms with Crippen molar-refractivity contribution in [2.45, 2.75) is 0 Å². The van der Waals surface area contributed by atoms with Gasteiger partial charge in [-0.05, 0) is 42.5 Å². The van der Waals surface area contributed by atoms with E-state index in [2.05, 4.69) is 15.6 Å². The lowest BCUT2D eigenvalue weighted by Gasteiger charge is -2.10. The molecule has 0 aliphatic carbocycles. The first-order chi connectivity index (χ1) is 12.4. The molecule has 0 saturated carbocycles. The van der Waals surface area contributed by atoms with Crippen LogP contribution in [0.3, 0.4) is 0 Å². The zero-order valence-corrected chi connectivity index (χ0v) is 13.8. The van der Waals surface area contributed by atoms with Gasteiger partial charge in [0.2, 0.25) is 0 Å². The molecule has 1 heterocycles. The highest BCUT2D eigenvalue weighted by Gasteiger charge is 2.14. The molecule has 0 unspecified atom stereocenters. The van der Waals surface area contributed by atoms with E-state index >= 15 is 0 Å². The number of hydrogen-bond donors (Lipinski definition) is 2. The van der Waals surface area contributed by atoms with Gasteiger partial charge in [0.15, 0.2) is 17.5 Å². The molecule has 0 aliphatic rings. The van der Waals surface area contributed by atoms with Gasteiger partial charge in [0, 0.05) is 22.5 Å². The molecule has 2 N–H and O–H groups in total. The lowest BCUT2D eigenvalue weighted by molar-refractivity contribution is 0.102. The van der Waals surface area contributed by atoms with Crippen LogP contribution in [0.15, 0.2) is 54.7 Å². The molecule has 2 aromatic carbocycles. The average molecular weight is 378 g/mol. The molecule has 0 aliphatic heterocycles. The van der Waals surface area contributed by atoms with Gasteiger partial charge in [-0.15, -0.1) is 0 Å². The number of carbonyl (C=O) groups excluding carboxylic acids is 1. The number of rotatable bonds is 4. The maximum Gasteiger partial charge on any atom is 0.255 e. The van der Waals surface area contributed by atoms with Gasteiger partial charge < -0.3 is 10.6 Å². The van der Waals surface area contributed by atoms with Crippen LogP contribution in [0.1, 0.15) is 10.4 Å². The van der Waals surface area contributed by atoms with E-state index in [0.717, 1.165) is 12.1 Å². The Kier molecular flexibility index (Phi) is 5.09. The molecule has 4 nitrogen and oxygen atoms in total. The summed E-state index contributed by atoms with van der Waals surface area (Å²) in [5, 5.41) is 5.64. The summed E-state index contributed by atoms with van der Waals surface area (Å²) < 4.78 is 40.0. The molecule has 0 radical (unpaired) electrons. The van der Waals surface area contributed by atoms with E-state index in [9.17, 15) is 18.0 Å². The second kappa shape index (κ2) is 7.45. The van der Waals surface area contributed by atoms with E-state index in [4.69, 9.17) is 11.6 Å². The molecule has 1 amide bonds. The lowest BCUT2D eigenvalue weighted by Crippen LogP contribution is -2.12. The monoisotopic (exact) mass is 377 g/mol. The van der Waals surface area contributed by atoms with Gasteiger partial charge in [0.05, 0.1) is 5.69 Å². The number of nitrogens with zero attached hydrogens (tertiary/aromatic N) is 1.